The van der Waals surface area contributed by atoms with Gasteiger partial charge < -0.3 is 4.90 Å². The second kappa shape index (κ2) is 7.92. The van der Waals surface area contributed by atoms with Crippen molar-refractivity contribution in [3.8, 4) is 0 Å². The van der Waals surface area contributed by atoms with Crippen LogP contribution in [0.25, 0.3) is 0 Å². The van der Waals surface area contributed by atoms with Gasteiger partial charge in [-0.05, 0) is 55.7 Å². The molecule has 148 valence electrons. The minimum absolute atomic E-state index is 0.152. The van der Waals surface area contributed by atoms with Crippen molar-refractivity contribution in [3.05, 3.63) is 35.9 Å². The Balaban J connectivity index is 1.78. The first kappa shape index (κ1) is 19.7. The Labute approximate surface area is 161 Å². The van der Waals surface area contributed by atoms with Crippen LogP contribution in [0, 0.1) is 11.7 Å². The Morgan fingerprint density at radius 3 is 2.33 bits per heavy atom. The van der Waals surface area contributed by atoms with E-state index in [1.54, 1.807) is 6.07 Å². The normalized spacial score (nSPS) is 17.5. The summed E-state index contributed by atoms with van der Waals surface area (Å²) in [4.78, 5) is 4.58. The van der Waals surface area contributed by atoms with E-state index >= 15 is 0 Å². The average Bonchev–Trinajstić information content (AvgIpc) is 3.10. The van der Waals surface area contributed by atoms with Gasteiger partial charge in [0, 0.05) is 26.2 Å². The Kier molecular flexibility index (Phi) is 5.79. The molecule has 0 amide bonds. The molecule has 7 heteroatoms. The molecule has 1 aliphatic rings. The Morgan fingerprint density at radius 1 is 1.07 bits per heavy atom. The summed E-state index contributed by atoms with van der Waals surface area (Å²) in [6, 6.07) is 7.18. The summed E-state index contributed by atoms with van der Waals surface area (Å²) in [5, 5.41) is 12.6. The Hall–Kier alpha value is -2.02. The summed E-state index contributed by atoms with van der Waals surface area (Å²) in [6.07, 6.45) is 0.996. The maximum absolute atomic E-state index is 14.1. The van der Waals surface area contributed by atoms with Crippen molar-refractivity contribution in [1.29, 1.82) is 0 Å². The standard InChI is InChI=1S/C20H31FN6/c1-15(2)14-18(19-22-23-24-27(19)20(3,4)5)26-12-10-25(11-13-26)17-9-7-6-8-16(17)21/h6-9,15,18H,10-14H2,1-5H3. The van der Waals surface area contributed by atoms with Gasteiger partial charge in [0.05, 0.1) is 17.3 Å². The summed E-state index contributed by atoms with van der Waals surface area (Å²) < 4.78 is 16.1. The van der Waals surface area contributed by atoms with Crippen molar-refractivity contribution >= 4 is 5.69 Å². The van der Waals surface area contributed by atoms with Crippen molar-refractivity contribution < 1.29 is 4.39 Å². The zero-order chi connectivity index (χ0) is 19.6. The molecule has 0 aliphatic carbocycles. The van der Waals surface area contributed by atoms with Crippen molar-refractivity contribution in [1.82, 2.24) is 25.1 Å². The molecule has 2 aromatic rings. The molecule has 1 aromatic heterocycles. The van der Waals surface area contributed by atoms with E-state index in [1.165, 1.54) is 6.07 Å². The molecule has 1 atom stereocenters. The molecule has 0 bridgehead atoms. The highest BCUT2D eigenvalue weighted by Crippen LogP contribution is 2.30. The second-order valence-electron chi connectivity index (χ2n) is 8.74. The number of benzene rings is 1. The van der Waals surface area contributed by atoms with Gasteiger partial charge in [0.1, 0.15) is 5.82 Å². The molecule has 1 saturated heterocycles. The highest BCUT2D eigenvalue weighted by molar-refractivity contribution is 5.48. The third-order valence-corrected chi connectivity index (χ3v) is 5.07. The first-order chi connectivity index (χ1) is 12.8. The van der Waals surface area contributed by atoms with Crippen LogP contribution in [0.1, 0.15) is 52.9 Å². The molecular formula is C20H31FN6. The molecule has 3 rings (SSSR count). The molecule has 1 aromatic carbocycles. The number of hydrogen-bond acceptors (Lipinski definition) is 5. The fraction of sp³-hybridized carbons (Fsp3) is 0.650. The minimum atomic E-state index is -0.164. The molecule has 1 unspecified atom stereocenters. The SMILES string of the molecule is CC(C)CC(c1nnnn1C(C)(C)C)N1CCN(c2ccccc2F)CC1. The van der Waals surface area contributed by atoms with E-state index in [9.17, 15) is 4.39 Å². The van der Waals surface area contributed by atoms with Crippen LogP contribution < -0.4 is 4.90 Å². The minimum Gasteiger partial charge on any atom is -0.367 e. The van der Waals surface area contributed by atoms with E-state index in [0.29, 0.717) is 11.6 Å². The average molecular weight is 375 g/mol. The van der Waals surface area contributed by atoms with Gasteiger partial charge in [-0.15, -0.1) is 5.10 Å². The van der Waals surface area contributed by atoms with E-state index in [-0.39, 0.29) is 17.4 Å². The zero-order valence-corrected chi connectivity index (χ0v) is 17.1. The molecule has 6 nitrogen and oxygen atoms in total. The summed E-state index contributed by atoms with van der Waals surface area (Å²) >= 11 is 0. The number of halogens is 1. The fourth-order valence-electron chi connectivity index (χ4n) is 3.73. The number of hydrogen-bond donors (Lipinski definition) is 0. The van der Waals surface area contributed by atoms with Gasteiger partial charge in [-0.25, -0.2) is 9.07 Å². The summed E-state index contributed by atoms with van der Waals surface area (Å²) in [5.41, 5.74) is 0.528. The lowest BCUT2D eigenvalue weighted by molar-refractivity contribution is 0.146. The van der Waals surface area contributed by atoms with Crippen LogP contribution in [-0.4, -0.2) is 51.3 Å². The number of aromatic nitrogens is 4. The third kappa shape index (κ3) is 4.46. The van der Waals surface area contributed by atoms with E-state index in [0.717, 1.165) is 38.4 Å². The molecule has 0 saturated carbocycles. The van der Waals surface area contributed by atoms with E-state index in [2.05, 4.69) is 59.9 Å². The second-order valence-corrected chi connectivity index (χ2v) is 8.74. The zero-order valence-electron chi connectivity index (χ0n) is 17.1. The maximum Gasteiger partial charge on any atom is 0.168 e. The topological polar surface area (TPSA) is 50.1 Å². The smallest absolute Gasteiger partial charge is 0.168 e. The number of anilines is 1. The Bertz CT molecular complexity index is 743. The Morgan fingerprint density at radius 2 is 1.74 bits per heavy atom. The number of para-hydroxylation sites is 1. The van der Waals surface area contributed by atoms with Crippen LogP contribution in [-0.2, 0) is 5.54 Å². The van der Waals surface area contributed by atoms with Crippen LogP contribution in [0.2, 0.25) is 0 Å². The van der Waals surface area contributed by atoms with Gasteiger partial charge in [0.2, 0.25) is 0 Å². The molecule has 1 fully saturated rings. The predicted molar refractivity (Wildman–Crippen MR) is 105 cm³/mol. The van der Waals surface area contributed by atoms with Crippen molar-refractivity contribution in [2.75, 3.05) is 31.1 Å². The molecule has 2 heterocycles. The van der Waals surface area contributed by atoms with Gasteiger partial charge in [-0.2, -0.15) is 0 Å². The summed E-state index contributed by atoms with van der Waals surface area (Å²) in [5.74, 6) is 1.31. The molecule has 0 N–H and O–H groups in total. The lowest BCUT2D eigenvalue weighted by Gasteiger charge is -2.40. The van der Waals surface area contributed by atoms with Crippen LogP contribution >= 0.6 is 0 Å². The monoisotopic (exact) mass is 374 g/mol. The van der Waals surface area contributed by atoms with Crippen LogP contribution in [0.4, 0.5) is 10.1 Å². The highest BCUT2D eigenvalue weighted by Gasteiger charge is 2.32. The molecule has 0 spiro atoms. The van der Waals surface area contributed by atoms with Crippen LogP contribution in [0.5, 0.6) is 0 Å². The van der Waals surface area contributed by atoms with E-state index < -0.39 is 0 Å². The van der Waals surface area contributed by atoms with Crippen molar-refractivity contribution in [2.45, 2.75) is 52.6 Å². The molecule has 27 heavy (non-hydrogen) atoms. The molecule has 1 aliphatic heterocycles. The van der Waals surface area contributed by atoms with Gasteiger partial charge in [0.15, 0.2) is 5.82 Å². The number of piperazine rings is 1. The third-order valence-electron chi connectivity index (χ3n) is 5.07. The lowest BCUT2D eigenvalue weighted by atomic mass is 9.99. The first-order valence-corrected chi connectivity index (χ1v) is 9.79. The molecule has 0 radical (unpaired) electrons. The lowest BCUT2D eigenvalue weighted by Crippen LogP contribution is -2.49. The fourth-order valence-corrected chi connectivity index (χ4v) is 3.73. The molecular weight excluding hydrogens is 343 g/mol. The van der Waals surface area contributed by atoms with Gasteiger partial charge in [-0.1, -0.05) is 26.0 Å². The van der Waals surface area contributed by atoms with Gasteiger partial charge >= 0.3 is 0 Å². The van der Waals surface area contributed by atoms with E-state index in [1.807, 2.05) is 16.8 Å². The van der Waals surface area contributed by atoms with Crippen molar-refractivity contribution in [2.24, 2.45) is 5.92 Å². The van der Waals surface area contributed by atoms with E-state index in [4.69, 9.17) is 0 Å². The highest BCUT2D eigenvalue weighted by atomic mass is 19.1. The van der Waals surface area contributed by atoms with Gasteiger partial charge in [0.25, 0.3) is 0 Å². The van der Waals surface area contributed by atoms with Crippen LogP contribution in [0.15, 0.2) is 24.3 Å². The van der Waals surface area contributed by atoms with Crippen LogP contribution in [0.3, 0.4) is 0 Å². The van der Waals surface area contributed by atoms with Crippen molar-refractivity contribution in [3.63, 3.8) is 0 Å². The largest absolute Gasteiger partial charge is 0.367 e. The number of rotatable bonds is 5. The summed E-state index contributed by atoms with van der Waals surface area (Å²) in [6.45, 7) is 14.1. The first-order valence-electron chi connectivity index (χ1n) is 9.79. The van der Waals surface area contributed by atoms with Gasteiger partial charge in [-0.3, -0.25) is 4.90 Å². The summed E-state index contributed by atoms with van der Waals surface area (Å²) in [7, 11) is 0. The maximum atomic E-state index is 14.1. The predicted octanol–water partition coefficient (Wildman–Crippen LogP) is 3.48. The number of tetrazole rings is 1. The number of nitrogens with zero attached hydrogens (tertiary/aromatic N) is 6. The quantitative estimate of drug-likeness (QED) is 0.802.